The van der Waals surface area contributed by atoms with Crippen LogP contribution in [0.4, 0.5) is 0 Å². The summed E-state index contributed by atoms with van der Waals surface area (Å²) >= 11 is 8.68. The van der Waals surface area contributed by atoms with Crippen molar-refractivity contribution in [3.8, 4) is 0 Å². The van der Waals surface area contributed by atoms with Crippen molar-refractivity contribution in [2.75, 3.05) is 6.54 Å². The quantitative estimate of drug-likeness (QED) is 0.557. The molecule has 0 spiro atoms. The Morgan fingerprint density at radius 1 is 1.53 bits per heavy atom. The highest BCUT2D eigenvalue weighted by Gasteiger charge is 2.19. The molecule has 3 N–H and O–H groups in total. The molecule has 0 saturated carbocycles. The molecule has 0 fully saturated rings. The highest BCUT2D eigenvalue weighted by atomic mass is 32.9. The molecule has 0 bridgehead atoms. The summed E-state index contributed by atoms with van der Waals surface area (Å²) in [6.07, 6.45) is 1.62. The molecule has 0 amide bonds. The van der Waals surface area contributed by atoms with Crippen LogP contribution in [0.25, 0.3) is 0 Å². The maximum absolute atomic E-state index is 9.51. The Kier molecular flexibility index (Phi) is 6.13. The van der Waals surface area contributed by atoms with Gasteiger partial charge in [-0.15, -0.1) is 0 Å². The lowest BCUT2D eigenvalue weighted by Gasteiger charge is -2.22. The maximum atomic E-state index is 9.51. The topological polar surface area (TPSA) is 55.5 Å². The second-order valence-corrected chi connectivity index (χ2v) is 8.88. The summed E-state index contributed by atoms with van der Waals surface area (Å²) in [5, 5.41) is 0. The molecule has 1 aromatic rings. The van der Waals surface area contributed by atoms with E-state index in [1.54, 1.807) is 0 Å². The van der Waals surface area contributed by atoms with Crippen LogP contribution in [0.1, 0.15) is 30.6 Å². The standard InChI is InChI=1S/C11H18NO2PS2/c1-2-5-9-6-3-4-7-10(9)11(8-12)14-15(13,16)17/h3-4,6-7,11H,2,5,8,12H2,1H3,(H2,13,16,17). The Labute approximate surface area is 113 Å². The predicted octanol–water partition coefficient (Wildman–Crippen LogP) is 2.80. The zero-order valence-corrected chi connectivity index (χ0v) is 12.3. The molecule has 6 heteroatoms. The largest absolute Gasteiger partial charge is 0.338 e. The van der Waals surface area contributed by atoms with E-state index in [-0.39, 0.29) is 12.6 Å². The van der Waals surface area contributed by atoms with Gasteiger partial charge in [-0.3, -0.25) is 0 Å². The fourth-order valence-electron chi connectivity index (χ4n) is 1.74. The molecule has 2 atom stereocenters. The first-order chi connectivity index (χ1) is 7.98. The van der Waals surface area contributed by atoms with E-state index in [4.69, 9.17) is 22.1 Å². The Balaban J connectivity index is 2.98. The maximum Gasteiger partial charge on any atom is 0.242 e. The fourth-order valence-corrected chi connectivity index (χ4v) is 2.92. The monoisotopic (exact) mass is 291 g/mol. The lowest BCUT2D eigenvalue weighted by molar-refractivity contribution is 0.220. The average molecular weight is 291 g/mol. The normalized spacial score (nSPS) is 16.5. The third-order valence-electron chi connectivity index (χ3n) is 2.40. The molecule has 96 valence electrons. The number of rotatable bonds is 6. The predicted molar refractivity (Wildman–Crippen MR) is 78.8 cm³/mol. The van der Waals surface area contributed by atoms with Crippen LogP contribution in [0.5, 0.6) is 0 Å². The van der Waals surface area contributed by atoms with Crippen molar-refractivity contribution >= 4 is 29.7 Å². The van der Waals surface area contributed by atoms with E-state index in [9.17, 15) is 4.89 Å². The summed E-state index contributed by atoms with van der Waals surface area (Å²) in [5.74, 6) is 0. The summed E-state index contributed by atoms with van der Waals surface area (Å²) < 4.78 is 5.38. The first kappa shape index (κ1) is 15.2. The van der Waals surface area contributed by atoms with Crippen molar-refractivity contribution in [3.63, 3.8) is 0 Å². The minimum Gasteiger partial charge on any atom is -0.338 e. The Bertz CT molecular complexity index is 408. The Morgan fingerprint density at radius 2 is 2.18 bits per heavy atom. The van der Waals surface area contributed by atoms with Gasteiger partial charge in [0.05, 0.1) is 0 Å². The number of benzene rings is 1. The van der Waals surface area contributed by atoms with E-state index in [0.29, 0.717) is 0 Å². The van der Waals surface area contributed by atoms with Crippen LogP contribution in [0.2, 0.25) is 0 Å². The number of nitrogens with two attached hydrogens (primary N) is 1. The van der Waals surface area contributed by atoms with Gasteiger partial charge >= 0.3 is 0 Å². The molecule has 0 aliphatic rings. The second kappa shape index (κ2) is 6.88. The number of aryl methyl sites for hydroxylation is 1. The van der Waals surface area contributed by atoms with Crippen molar-refractivity contribution < 1.29 is 9.42 Å². The highest BCUT2D eigenvalue weighted by molar-refractivity contribution is 8.59. The van der Waals surface area contributed by atoms with Crippen molar-refractivity contribution in [2.45, 2.75) is 25.9 Å². The van der Waals surface area contributed by atoms with Gasteiger partial charge in [0.15, 0.2) is 0 Å². The van der Waals surface area contributed by atoms with E-state index in [1.165, 1.54) is 5.56 Å². The van der Waals surface area contributed by atoms with E-state index >= 15 is 0 Å². The van der Waals surface area contributed by atoms with Gasteiger partial charge in [-0.25, -0.2) is 0 Å². The Morgan fingerprint density at radius 3 is 2.71 bits per heavy atom. The molecule has 1 aromatic carbocycles. The van der Waals surface area contributed by atoms with Crippen molar-refractivity contribution in [1.82, 2.24) is 0 Å². The molecule has 0 aliphatic carbocycles. The van der Waals surface area contributed by atoms with Gasteiger partial charge in [0.25, 0.3) is 0 Å². The molecular formula is C11H18NO2PS2. The summed E-state index contributed by atoms with van der Waals surface area (Å²) in [6.45, 7) is 2.39. The van der Waals surface area contributed by atoms with E-state index in [0.717, 1.165) is 18.4 Å². The van der Waals surface area contributed by atoms with Crippen molar-refractivity contribution in [3.05, 3.63) is 35.4 Å². The molecule has 1 rings (SSSR count). The van der Waals surface area contributed by atoms with Crippen LogP contribution in [0, 0.1) is 0 Å². The lowest BCUT2D eigenvalue weighted by Crippen LogP contribution is -2.15. The van der Waals surface area contributed by atoms with Gasteiger partial charge in [0.2, 0.25) is 5.69 Å². The van der Waals surface area contributed by atoms with Crippen LogP contribution >= 0.6 is 17.9 Å². The van der Waals surface area contributed by atoms with Gasteiger partial charge in [0, 0.05) is 6.54 Å². The summed E-state index contributed by atoms with van der Waals surface area (Å²) in [7, 11) is 0. The van der Waals surface area contributed by atoms with Crippen molar-refractivity contribution in [1.29, 1.82) is 0 Å². The summed E-state index contributed by atoms with van der Waals surface area (Å²) in [6, 6.07) is 7.92. The average Bonchev–Trinajstić information content (AvgIpc) is 2.26. The van der Waals surface area contributed by atoms with Gasteiger partial charge in [-0.2, -0.15) is 0 Å². The van der Waals surface area contributed by atoms with Gasteiger partial charge in [-0.1, -0.05) is 49.9 Å². The molecule has 3 nitrogen and oxygen atoms in total. The van der Waals surface area contributed by atoms with E-state index < -0.39 is 5.69 Å². The Hall–Kier alpha value is 0.1000. The first-order valence-corrected chi connectivity index (χ1v) is 9.32. The number of hydrogen-bond acceptors (Lipinski definition) is 3. The van der Waals surface area contributed by atoms with Gasteiger partial charge < -0.3 is 15.2 Å². The third kappa shape index (κ3) is 5.08. The number of thiol groups is 1. The molecule has 0 aliphatic heterocycles. The summed E-state index contributed by atoms with van der Waals surface area (Å²) in [5.41, 5.74) is 4.86. The minimum atomic E-state index is -2.99. The zero-order valence-electron chi connectivity index (χ0n) is 9.74. The molecule has 17 heavy (non-hydrogen) atoms. The lowest BCUT2D eigenvalue weighted by atomic mass is 9.99. The molecule has 2 unspecified atom stereocenters. The van der Waals surface area contributed by atoms with Crippen LogP contribution in [0.3, 0.4) is 0 Å². The first-order valence-electron chi connectivity index (χ1n) is 5.49. The molecule has 0 heterocycles. The van der Waals surface area contributed by atoms with E-state index in [2.05, 4.69) is 19.2 Å². The van der Waals surface area contributed by atoms with Crippen LogP contribution in [0.15, 0.2) is 24.3 Å². The smallest absolute Gasteiger partial charge is 0.242 e. The highest BCUT2D eigenvalue weighted by Crippen LogP contribution is 2.51. The molecule has 0 aromatic heterocycles. The zero-order chi connectivity index (χ0) is 12.9. The minimum absolute atomic E-state index is 0.278. The SMILES string of the molecule is CCCc1ccccc1C(CN)OP(O)(=S)S. The molecular weight excluding hydrogens is 273 g/mol. The number of hydrogen-bond donors (Lipinski definition) is 3. The van der Waals surface area contributed by atoms with Gasteiger partial charge in [0.1, 0.15) is 6.10 Å². The van der Waals surface area contributed by atoms with E-state index in [1.807, 2.05) is 24.3 Å². The third-order valence-corrected chi connectivity index (χ3v) is 3.47. The molecule has 0 saturated heterocycles. The van der Waals surface area contributed by atoms with Crippen LogP contribution in [-0.4, -0.2) is 11.4 Å². The molecule has 0 radical (unpaired) electrons. The van der Waals surface area contributed by atoms with Crippen LogP contribution in [-0.2, 0) is 22.8 Å². The fraction of sp³-hybridized carbons (Fsp3) is 0.455. The van der Waals surface area contributed by atoms with Gasteiger partial charge in [-0.05, 0) is 29.4 Å². The van der Waals surface area contributed by atoms with Crippen LogP contribution < -0.4 is 5.73 Å². The van der Waals surface area contributed by atoms with Crippen molar-refractivity contribution in [2.24, 2.45) is 5.73 Å². The second-order valence-electron chi connectivity index (χ2n) is 3.77. The summed E-state index contributed by atoms with van der Waals surface area (Å²) in [4.78, 5) is 9.51.